The quantitative estimate of drug-likeness (QED) is 0.241. The molecule has 0 radical (unpaired) electrons. The molecular weight excluding hydrogens is 526 g/mol. The molecule has 4 aromatic rings. The summed E-state index contributed by atoms with van der Waals surface area (Å²) >= 11 is 1.54. The lowest BCUT2D eigenvalue weighted by molar-refractivity contribution is 0.126. The Morgan fingerprint density at radius 1 is 1.10 bits per heavy atom. The molecule has 1 aromatic carbocycles. The summed E-state index contributed by atoms with van der Waals surface area (Å²) in [4.78, 5) is 30.4. The summed E-state index contributed by atoms with van der Waals surface area (Å²) in [7, 11) is 0. The largest absolute Gasteiger partial charge is 0.393 e. The number of thiazole rings is 1. The zero-order valence-electron chi connectivity index (χ0n) is 22.6. The molecule has 2 fully saturated rings. The molecule has 3 aromatic heterocycles. The number of nitrogens with one attached hydrogen (secondary N) is 2. The van der Waals surface area contributed by atoms with E-state index in [4.69, 9.17) is 15.7 Å². The highest BCUT2D eigenvalue weighted by atomic mass is 32.1. The van der Waals surface area contributed by atoms with Gasteiger partial charge in [0, 0.05) is 56.8 Å². The van der Waals surface area contributed by atoms with Crippen molar-refractivity contribution in [3.8, 4) is 0 Å². The third kappa shape index (κ3) is 5.74. The number of aliphatic hydroxyl groups excluding tert-OH is 1. The topological polar surface area (TPSA) is 137 Å². The van der Waals surface area contributed by atoms with Gasteiger partial charge in [0.05, 0.1) is 16.3 Å². The molecule has 0 unspecified atom stereocenters. The van der Waals surface area contributed by atoms with Crippen molar-refractivity contribution in [2.45, 2.75) is 51.3 Å². The fourth-order valence-electron chi connectivity index (χ4n) is 5.44. The van der Waals surface area contributed by atoms with E-state index >= 15 is 0 Å². The van der Waals surface area contributed by atoms with Gasteiger partial charge in [-0.25, -0.2) is 19.7 Å². The fraction of sp³-hybridized carbons (Fsp3) is 0.429. The van der Waals surface area contributed by atoms with E-state index in [0.717, 1.165) is 63.9 Å². The Labute approximate surface area is 237 Å². The molecule has 0 bridgehead atoms. The van der Waals surface area contributed by atoms with Gasteiger partial charge >= 0.3 is 6.03 Å². The molecule has 2 aliphatic rings. The number of rotatable bonds is 9. The van der Waals surface area contributed by atoms with Crippen LogP contribution in [0.5, 0.6) is 0 Å². The second-order valence-corrected chi connectivity index (χ2v) is 11.5. The first-order valence-corrected chi connectivity index (χ1v) is 14.6. The van der Waals surface area contributed by atoms with E-state index in [9.17, 15) is 9.90 Å². The van der Waals surface area contributed by atoms with Gasteiger partial charge in [-0.05, 0) is 68.5 Å². The molecule has 1 aliphatic heterocycles. The number of nitrogens with zero attached hydrogens (tertiary/aromatic N) is 6. The Morgan fingerprint density at radius 2 is 1.93 bits per heavy atom. The van der Waals surface area contributed by atoms with Gasteiger partial charge in [-0.3, -0.25) is 4.90 Å². The molecule has 6 rings (SSSR count). The van der Waals surface area contributed by atoms with Crippen molar-refractivity contribution in [1.82, 2.24) is 24.4 Å². The minimum Gasteiger partial charge on any atom is -0.393 e. The Hall–Kier alpha value is -3.74. The van der Waals surface area contributed by atoms with Crippen LogP contribution >= 0.6 is 11.3 Å². The predicted molar refractivity (Wildman–Crippen MR) is 158 cm³/mol. The van der Waals surface area contributed by atoms with Gasteiger partial charge in [-0.1, -0.05) is 11.3 Å². The van der Waals surface area contributed by atoms with Crippen LogP contribution in [0, 0.1) is 6.92 Å². The Bertz CT molecular complexity index is 1490. The number of anilines is 4. The summed E-state index contributed by atoms with van der Waals surface area (Å²) < 4.78 is 3.10. The van der Waals surface area contributed by atoms with Crippen LogP contribution in [-0.2, 0) is 6.54 Å². The highest BCUT2D eigenvalue weighted by Crippen LogP contribution is 2.33. The molecular formula is C28H35N9O2S. The van der Waals surface area contributed by atoms with Crippen LogP contribution < -0.4 is 21.3 Å². The number of aromatic nitrogens is 4. The third-order valence-electron chi connectivity index (χ3n) is 7.62. The van der Waals surface area contributed by atoms with Crippen molar-refractivity contribution in [3.63, 3.8) is 0 Å². The summed E-state index contributed by atoms with van der Waals surface area (Å²) in [5.41, 5.74) is 8.48. The van der Waals surface area contributed by atoms with Crippen molar-refractivity contribution in [3.05, 3.63) is 54.1 Å². The number of hydrogen-bond donors (Lipinski definition) is 4. The number of aliphatic hydroxyl groups is 1. The molecule has 210 valence electrons. The maximum atomic E-state index is 12.8. The molecule has 2 amide bonds. The fourth-order valence-corrected chi connectivity index (χ4v) is 6.35. The van der Waals surface area contributed by atoms with E-state index < -0.39 is 0 Å². The van der Waals surface area contributed by atoms with Crippen LogP contribution in [0.3, 0.4) is 0 Å². The zero-order valence-corrected chi connectivity index (χ0v) is 23.4. The van der Waals surface area contributed by atoms with E-state index in [2.05, 4.69) is 26.3 Å². The van der Waals surface area contributed by atoms with Crippen molar-refractivity contribution in [1.29, 1.82) is 0 Å². The lowest BCUT2D eigenvalue weighted by atomic mass is 9.93. The van der Waals surface area contributed by atoms with Crippen LogP contribution in [0.2, 0.25) is 0 Å². The summed E-state index contributed by atoms with van der Waals surface area (Å²) in [5, 5.41) is 17.7. The van der Waals surface area contributed by atoms with E-state index in [1.165, 1.54) is 11.3 Å². The van der Waals surface area contributed by atoms with Crippen molar-refractivity contribution >= 4 is 50.0 Å². The van der Waals surface area contributed by atoms with Gasteiger partial charge in [0.2, 0.25) is 0 Å². The average Bonchev–Trinajstić information content (AvgIpc) is 3.63. The summed E-state index contributed by atoms with van der Waals surface area (Å²) in [5.74, 6) is 2.46. The number of urea groups is 1. The number of imidazole rings is 1. The smallest absolute Gasteiger partial charge is 0.324 e. The van der Waals surface area contributed by atoms with Crippen LogP contribution in [-0.4, -0.2) is 73.9 Å². The maximum absolute atomic E-state index is 12.8. The van der Waals surface area contributed by atoms with Crippen molar-refractivity contribution in [2.24, 2.45) is 5.73 Å². The van der Waals surface area contributed by atoms with Gasteiger partial charge in [0.15, 0.2) is 5.13 Å². The maximum Gasteiger partial charge on any atom is 0.324 e. The van der Waals surface area contributed by atoms with Crippen molar-refractivity contribution in [2.75, 3.05) is 41.7 Å². The van der Waals surface area contributed by atoms with Gasteiger partial charge < -0.3 is 30.9 Å². The van der Waals surface area contributed by atoms with Crippen LogP contribution in [0.4, 0.5) is 27.2 Å². The third-order valence-corrected chi connectivity index (χ3v) is 8.56. The SMILES string of the molecule is Cc1nccn1Cc1cc(Nc2nc3ccc(N4CCN(CCN)C4=O)cc3s2)nc(N[C@H]2CC[C@H](O)CC2)c1. The number of benzene rings is 1. The second-order valence-electron chi connectivity index (χ2n) is 10.5. The van der Waals surface area contributed by atoms with Crippen LogP contribution in [0.1, 0.15) is 37.1 Å². The molecule has 40 heavy (non-hydrogen) atoms. The summed E-state index contributed by atoms with van der Waals surface area (Å²) in [6, 6.07) is 10.3. The van der Waals surface area contributed by atoms with Gasteiger partial charge in [0.25, 0.3) is 0 Å². The van der Waals surface area contributed by atoms with Gasteiger partial charge in [-0.15, -0.1) is 0 Å². The number of aryl methyl sites for hydroxylation is 1. The number of pyridine rings is 1. The molecule has 1 saturated heterocycles. The van der Waals surface area contributed by atoms with Crippen LogP contribution in [0.25, 0.3) is 10.2 Å². The minimum atomic E-state index is -0.202. The first-order valence-electron chi connectivity index (χ1n) is 13.8. The summed E-state index contributed by atoms with van der Waals surface area (Å²) in [6.45, 7) is 5.03. The molecule has 11 nitrogen and oxygen atoms in total. The van der Waals surface area contributed by atoms with E-state index in [1.54, 1.807) is 9.80 Å². The lowest BCUT2D eigenvalue weighted by Gasteiger charge is -2.27. The van der Waals surface area contributed by atoms with E-state index in [-0.39, 0.29) is 18.2 Å². The predicted octanol–water partition coefficient (Wildman–Crippen LogP) is 3.90. The average molecular weight is 562 g/mol. The number of carbonyl (C=O) groups excluding carboxylic acids is 1. The molecule has 5 N–H and O–H groups in total. The Morgan fingerprint density at radius 3 is 2.70 bits per heavy atom. The molecule has 0 spiro atoms. The lowest BCUT2D eigenvalue weighted by Crippen LogP contribution is -2.34. The Balaban J connectivity index is 1.24. The highest BCUT2D eigenvalue weighted by molar-refractivity contribution is 7.22. The number of hydrogen-bond acceptors (Lipinski definition) is 9. The Kier molecular flexibility index (Phi) is 7.55. The minimum absolute atomic E-state index is 0.00527. The monoisotopic (exact) mass is 561 g/mol. The first-order chi connectivity index (χ1) is 19.4. The molecule has 12 heteroatoms. The normalized spacial score (nSPS) is 19.5. The standard InChI is InChI=1S/C28H35N9O2S/c1-18-30-9-11-36(18)17-19-14-25(31-20-2-5-22(38)6-3-20)33-26(15-19)34-27-32-23-7-4-21(16-24(23)40-27)37-13-12-35(10-8-29)28(37)39/h4,7,9,11,14-16,20,22,38H,2-3,5-6,8,10,12-13,17,29H2,1H3,(H2,31,32,33,34)/t20-,22-. The number of nitrogens with two attached hydrogens (primary N) is 1. The highest BCUT2D eigenvalue weighted by Gasteiger charge is 2.29. The van der Waals surface area contributed by atoms with Gasteiger partial charge in [-0.2, -0.15) is 0 Å². The second kappa shape index (κ2) is 11.4. The number of amides is 2. The van der Waals surface area contributed by atoms with E-state index in [0.29, 0.717) is 38.5 Å². The number of carbonyl (C=O) groups is 1. The van der Waals surface area contributed by atoms with Crippen molar-refractivity contribution < 1.29 is 9.90 Å². The van der Waals surface area contributed by atoms with E-state index in [1.807, 2.05) is 43.6 Å². The van der Waals surface area contributed by atoms with Gasteiger partial charge in [0.1, 0.15) is 17.5 Å². The summed E-state index contributed by atoms with van der Waals surface area (Å²) in [6.07, 6.45) is 7.02. The number of fused-ring (bicyclic) bond motifs is 1. The molecule has 4 heterocycles. The molecule has 1 aliphatic carbocycles. The molecule has 0 atom stereocenters. The molecule has 1 saturated carbocycles. The van der Waals surface area contributed by atoms with Crippen LogP contribution in [0.15, 0.2) is 42.7 Å². The zero-order chi connectivity index (χ0) is 27.6. The first kappa shape index (κ1) is 26.5.